The van der Waals surface area contributed by atoms with E-state index in [1.807, 2.05) is 0 Å². The van der Waals surface area contributed by atoms with Crippen LogP contribution in [0, 0.1) is 0 Å². The molecule has 1 heterocycles. The van der Waals surface area contributed by atoms with Crippen LogP contribution in [0.1, 0.15) is 46.0 Å². The van der Waals surface area contributed by atoms with Gasteiger partial charge in [-0.15, -0.1) is 5.06 Å². The lowest BCUT2D eigenvalue weighted by Gasteiger charge is -2.13. The van der Waals surface area contributed by atoms with Crippen molar-refractivity contribution in [3.05, 3.63) is 34.9 Å². The highest BCUT2D eigenvalue weighted by Crippen LogP contribution is 2.17. The molecule has 0 radical (unpaired) electrons. The summed E-state index contributed by atoms with van der Waals surface area (Å²) in [5, 5.41) is 9.53. The minimum atomic E-state index is -1.16. The van der Waals surface area contributed by atoms with E-state index in [1.165, 1.54) is 18.2 Å². The van der Waals surface area contributed by atoms with Crippen molar-refractivity contribution in [3.63, 3.8) is 0 Å². The zero-order valence-electron chi connectivity index (χ0n) is 11.3. The van der Waals surface area contributed by atoms with Gasteiger partial charge in [-0.2, -0.15) is 0 Å². The Bertz CT molecular complexity index is 620. The van der Waals surface area contributed by atoms with Crippen LogP contribution in [0.15, 0.2) is 18.2 Å². The Balaban J connectivity index is 2.23. The van der Waals surface area contributed by atoms with Crippen molar-refractivity contribution in [1.29, 1.82) is 0 Å². The van der Waals surface area contributed by atoms with Crippen LogP contribution >= 0.6 is 0 Å². The van der Waals surface area contributed by atoms with Crippen molar-refractivity contribution in [3.8, 4) is 0 Å². The van der Waals surface area contributed by atoms with Crippen molar-refractivity contribution < 1.29 is 29.1 Å². The molecule has 7 nitrogen and oxygen atoms in total. The number of hydrogen-bond acceptors (Lipinski definition) is 5. The van der Waals surface area contributed by atoms with Crippen LogP contribution in [-0.4, -0.2) is 33.9 Å². The summed E-state index contributed by atoms with van der Waals surface area (Å²) >= 11 is 0. The number of benzene rings is 1. The number of hydroxylamine groups is 2. The summed E-state index contributed by atoms with van der Waals surface area (Å²) in [4.78, 5) is 50.5. The van der Waals surface area contributed by atoms with Gasteiger partial charge in [0.1, 0.15) is 0 Å². The molecule has 0 bridgehead atoms. The van der Waals surface area contributed by atoms with Crippen LogP contribution in [0.5, 0.6) is 0 Å². The third kappa shape index (κ3) is 2.91. The molecule has 1 saturated heterocycles. The van der Waals surface area contributed by atoms with Crippen LogP contribution < -0.4 is 0 Å². The van der Waals surface area contributed by atoms with Crippen molar-refractivity contribution in [2.75, 3.05) is 0 Å². The predicted molar refractivity (Wildman–Crippen MR) is 69.3 cm³/mol. The molecular weight excluding hydrogens is 278 g/mol. The maximum absolute atomic E-state index is 11.9. The van der Waals surface area contributed by atoms with E-state index in [9.17, 15) is 19.2 Å². The highest BCUT2D eigenvalue weighted by molar-refractivity contribution is 6.03. The third-order valence-corrected chi connectivity index (χ3v) is 3.14. The van der Waals surface area contributed by atoms with Gasteiger partial charge in [0.05, 0.1) is 11.1 Å². The Morgan fingerprint density at radius 1 is 1.24 bits per heavy atom. The Labute approximate surface area is 120 Å². The third-order valence-electron chi connectivity index (χ3n) is 3.14. The lowest BCUT2D eigenvalue weighted by Crippen LogP contribution is -2.32. The molecule has 1 aliphatic heterocycles. The van der Waals surface area contributed by atoms with E-state index >= 15 is 0 Å². The average molecular weight is 291 g/mol. The monoisotopic (exact) mass is 291 g/mol. The summed E-state index contributed by atoms with van der Waals surface area (Å²) in [6, 6.07) is 4.08. The molecule has 7 heteroatoms. The number of hydrogen-bond donors (Lipinski definition) is 1. The minimum absolute atomic E-state index is 0.00125. The fraction of sp³-hybridized carbons (Fsp3) is 0.286. The van der Waals surface area contributed by atoms with Gasteiger partial charge in [0, 0.05) is 12.8 Å². The van der Waals surface area contributed by atoms with E-state index in [2.05, 4.69) is 0 Å². The first-order chi connectivity index (χ1) is 9.93. The molecule has 2 rings (SSSR count). The zero-order chi connectivity index (χ0) is 15.6. The van der Waals surface area contributed by atoms with Crippen LogP contribution in [-0.2, 0) is 20.8 Å². The molecule has 1 aliphatic rings. The summed E-state index contributed by atoms with van der Waals surface area (Å²) in [6.07, 6.45) is 0.503. The van der Waals surface area contributed by atoms with E-state index in [1.54, 1.807) is 6.92 Å². The van der Waals surface area contributed by atoms with E-state index in [4.69, 9.17) is 9.94 Å². The lowest BCUT2D eigenvalue weighted by atomic mass is 10.0. The molecular formula is C14H13NO6. The molecule has 21 heavy (non-hydrogen) atoms. The standard InChI is InChI=1S/C14H13NO6/c1-2-8-3-4-9(7-10(8)13(18)19)14(20)21-15-11(16)5-6-12(15)17/h3-4,7H,2,5-6H2,1H3,(H,18,19). The quantitative estimate of drug-likeness (QED) is 0.835. The van der Waals surface area contributed by atoms with Crippen LogP contribution in [0.4, 0.5) is 0 Å². The Morgan fingerprint density at radius 3 is 2.38 bits per heavy atom. The number of carbonyl (C=O) groups is 4. The lowest BCUT2D eigenvalue weighted by molar-refractivity contribution is -0.172. The number of carboxylic acid groups (broad SMARTS) is 1. The second kappa shape index (κ2) is 5.74. The SMILES string of the molecule is CCc1ccc(C(=O)ON2C(=O)CCC2=O)cc1C(=O)O. The maximum atomic E-state index is 11.9. The summed E-state index contributed by atoms with van der Waals surface area (Å²) in [7, 11) is 0. The molecule has 0 atom stereocenters. The number of carboxylic acids is 1. The van der Waals surface area contributed by atoms with E-state index in [0.717, 1.165) is 0 Å². The topological polar surface area (TPSA) is 101 Å². The summed E-state index contributed by atoms with van der Waals surface area (Å²) in [5.74, 6) is -3.27. The molecule has 0 aliphatic carbocycles. The van der Waals surface area contributed by atoms with Crippen LogP contribution in [0.25, 0.3) is 0 Å². The van der Waals surface area contributed by atoms with E-state index < -0.39 is 23.8 Å². The molecule has 0 spiro atoms. The zero-order valence-corrected chi connectivity index (χ0v) is 11.3. The molecule has 0 unspecified atom stereocenters. The highest BCUT2D eigenvalue weighted by Gasteiger charge is 2.33. The van der Waals surface area contributed by atoms with Gasteiger partial charge >= 0.3 is 11.9 Å². The van der Waals surface area contributed by atoms with E-state index in [0.29, 0.717) is 17.0 Å². The molecule has 0 saturated carbocycles. The number of imide groups is 1. The number of aromatic carboxylic acids is 1. The second-order valence-corrected chi connectivity index (χ2v) is 4.49. The van der Waals surface area contributed by atoms with Crippen molar-refractivity contribution in [1.82, 2.24) is 5.06 Å². The van der Waals surface area contributed by atoms with Crippen molar-refractivity contribution in [2.24, 2.45) is 0 Å². The molecule has 0 aromatic heterocycles. The van der Waals surface area contributed by atoms with Gasteiger partial charge in [0.2, 0.25) is 0 Å². The van der Waals surface area contributed by atoms with E-state index in [-0.39, 0.29) is 24.0 Å². The number of carbonyl (C=O) groups excluding carboxylic acids is 3. The predicted octanol–water partition coefficient (Wildman–Crippen LogP) is 1.17. The van der Waals surface area contributed by atoms with Crippen LogP contribution in [0.3, 0.4) is 0 Å². The smallest absolute Gasteiger partial charge is 0.363 e. The van der Waals surface area contributed by atoms with Gasteiger partial charge in [-0.25, -0.2) is 9.59 Å². The number of aryl methyl sites for hydroxylation is 1. The molecule has 1 aromatic carbocycles. The number of nitrogens with zero attached hydrogens (tertiary/aromatic N) is 1. The molecule has 1 fully saturated rings. The second-order valence-electron chi connectivity index (χ2n) is 4.49. The van der Waals surface area contributed by atoms with Gasteiger partial charge in [-0.3, -0.25) is 9.59 Å². The Kier molecular flexibility index (Phi) is 4.02. The first kappa shape index (κ1) is 14.7. The fourth-order valence-corrected chi connectivity index (χ4v) is 2.00. The van der Waals surface area contributed by atoms with Gasteiger partial charge in [0.25, 0.3) is 11.8 Å². The summed E-state index contributed by atoms with van der Waals surface area (Å²) in [6.45, 7) is 1.79. The highest BCUT2D eigenvalue weighted by atomic mass is 16.7. The Hall–Kier alpha value is -2.70. The normalized spacial score (nSPS) is 14.4. The first-order valence-corrected chi connectivity index (χ1v) is 6.38. The number of rotatable bonds is 4. The maximum Gasteiger partial charge on any atom is 0.363 e. The largest absolute Gasteiger partial charge is 0.478 e. The first-order valence-electron chi connectivity index (χ1n) is 6.38. The molecule has 1 aromatic rings. The van der Waals surface area contributed by atoms with Gasteiger partial charge in [0.15, 0.2) is 0 Å². The van der Waals surface area contributed by atoms with Gasteiger partial charge in [-0.1, -0.05) is 13.0 Å². The van der Waals surface area contributed by atoms with Gasteiger partial charge in [-0.05, 0) is 24.1 Å². The van der Waals surface area contributed by atoms with Crippen molar-refractivity contribution >= 4 is 23.8 Å². The fourth-order valence-electron chi connectivity index (χ4n) is 2.00. The Morgan fingerprint density at radius 2 is 1.86 bits per heavy atom. The molecule has 1 N–H and O–H groups in total. The van der Waals surface area contributed by atoms with Crippen molar-refractivity contribution in [2.45, 2.75) is 26.2 Å². The molecule has 110 valence electrons. The summed E-state index contributed by atoms with van der Waals surface area (Å²) in [5.41, 5.74) is 0.538. The van der Waals surface area contributed by atoms with Crippen LogP contribution in [0.2, 0.25) is 0 Å². The minimum Gasteiger partial charge on any atom is -0.478 e. The number of amides is 2. The summed E-state index contributed by atoms with van der Waals surface area (Å²) < 4.78 is 0. The molecule has 2 amide bonds. The van der Waals surface area contributed by atoms with Gasteiger partial charge < -0.3 is 9.94 Å². The average Bonchev–Trinajstić information content (AvgIpc) is 2.78.